The van der Waals surface area contributed by atoms with E-state index in [0.717, 1.165) is 43.2 Å². The van der Waals surface area contributed by atoms with E-state index in [1.165, 1.54) is 0 Å². The van der Waals surface area contributed by atoms with Gasteiger partial charge in [0, 0.05) is 32.1 Å². The highest BCUT2D eigenvalue weighted by Gasteiger charge is 2.04. The molecule has 4 N–H and O–H groups in total. The number of ether oxygens (including phenoxy) is 1. The average molecular weight is 428 g/mol. The summed E-state index contributed by atoms with van der Waals surface area (Å²) in [6, 6.07) is 9.66. The number of nitrogens with one attached hydrogen (secondary N) is 2. The number of rotatable bonds is 14. The van der Waals surface area contributed by atoms with E-state index in [1.54, 1.807) is 12.3 Å². The van der Waals surface area contributed by atoms with Gasteiger partial charge < -0.3 is 21.1 Å². The zero-order chi connectivity index (χ0) is 22.3. The smallest absolute Gasteiger partial charge is 0.318 e. The van der Waals surface area contributed by atoms with Crippen LogP contribution in [-0.4, -0.2) is 28.3 Å². The molecule has 0 aliphatic rings. The fraction of sp³-hybridized carbons (Fsp3) is 0.478. The number of amides is 2. The summed E-state index contributed by atoms with van der Waals surface area (Å²) >= 11 is 0. The Balaban J connectivity index is 1.56. The third-order valence-corrected chi connectivity index (χ3v) is 4.70. The van der Waals surface area contributed by atoms with Gasteiger partial charge in [-0.25, -0.2) is 4.98 Å². The fourth-order valence-corrected chi connectivity index (χ4v) is 2.85. The molecule has 1 aromatic carbocycles. The van der Waals surface area contributed by atoms with Crippen molar-refractivity contribution < 1.29 is 14.3 Å². The van der Waals surface area contributed by atoms with Crippen molar-refractivity contribution in [2.45, 2.75) is 65.0 Å². The summed E-state index contributed by atoms with van der Waals surface area (Å²) in [7, 11) is 0. The second-order valence-corrected chi connectivity index (χ2v) is 7.41. The lowest BCUT2D eigenvalue weighted by Crippen LogP contribution is -2.24. The quantitative estimate of drug-likeness (QED) is 0.399. The fourth-order valence-electron chi connectivity index (χ4n) is 2.85. The minimum Gasteiger partial charge on any atom is -0.459 e. The number of carbonyl (C=O) groups excluding carboxylic acids is 2. The first kappa shape index (κ1) is 24.1. The van der Waals surface area contributed by atoms with Crippen LogP contribution in [0.15, 0.2) is 36.5 Å². The number of hydrogen-bond donors (Lipinski definition) is 3. The number of nitrogens with two attached hydrogens (primary N) is 1. The molecule has 1 aromatic heterocycles. The van der Waals surface area contributed by atoms with Gasteiger partial charge >= 0.3 is 6.01 Å². The van der Waals surface area contributed by atoms with Crippen LogP contribution >= 0.6 is 0 Å². The number of carbonyl (C=O) groups is 2. The molecule has 0 bridgehead atoms. The summed E-state index contributed by atoms with van der Waals surface area (Å²) in [6.07, 6.45) is 7.25. The van der Waals surface area contributed by atoms with E-state index in [0.29, 0.717) is 38.4 Å². The van der Waals surface area contributed by atoms with Gasteiger partial charge in [-0.2, -0.15) is 4.98 Å². The first-order valence-electron chi connectivity index (χ1n) is 10.9. The lowest BCUT2D eigenvalue weighted by molar-refractivity contribution is -0.122. The van der Waals surface area contributed by atoms with Crippen LogP contribution in [0.25, 0.3) is 0 Å². The van der Waals surface area contributed by atoms with Crippen LogP contribution in [0.4, 0.5) is 5.82 Å². The summed E-state index contributed by atoms with van der Waals surface area (Å²) in [5.74, 6) is 0.527. The van der Waals surface area contributed by atoms with Crippen LogP contribution in [0.3, 0.4) is 0 Å². The molecule has 0 fully saturated rings. The van der Waals surface area contributed by atoms with E-state index in [4.69, 9.17) is 10.5 Å². The van der Waals surface area contributed by atoms with Gasteiger partial charge in [0.05, 0.1) is 0 Å². The van der Waals surface area contributed by atoms with E-state index < -0.39 is 0 Å². The lowest BCUT2D eigenvalue weighted by Gasteiger charge is -2.08. The minimum absolute atomic E-state index is 0.0400. The van der Waals surface area contributed by atoms with Crippen molar-refractivity contribution in [2.24, 2.45) is 0 Å². The van der Waals surface area contributed by atoms with E-state index in [-0.39, 0.29) is 17.8 Å². The van der Waals surface area contributed by atoms with E-state index in [1.807, 2.05) is 24.3 Å². The molecule has 0 unspecified atom stereocenters. The van der Waals surface area contributed by atoms with Crippen LogP contribution in [0, 0.1) is 0 Å². The first-order chi connectivity index (χ1) is 15.1. The highest BCUT2D eigenvalue weighted by Crippen LogP contribution is 2.10. The van der Waals surface area contributed by atoms with Crippen molar-refractivity contribution in [1.29, 1.82) is 0 Å². The molecular weight excluding hydrogens is 394 g/mol. The van der Waals surface area contributed by atoms with Crippen molar-refractivity contribution in [2.75, 3.05) is 12.3 Å². The summed E-state index contributed by atoms with van der Waals surface area (Å²) in [6.45, 7) is 3.59. The Hall–Kier alpha value is -3.16. The van der Waals surface area contributed by atoms with Crippen molar-refractivity contribution in [3.8, 4) is 6.01 Å². The van der Waals surface area contributed by atoms with Crippen LogP contribution in [0.1, 0.15) is 63.0 Å². The van der Waals surface area contributed by atoms with Crippen LogP contribution in [-0.2, 0) is 22.7 Å². The van der Waals surface area contributed by atoms with Gasteiger partial charge in [-0.1, -0.05) is 44.0 Å². The average Bonchev–Trinajstić information content (AvgIpc) is 2.78. The van der Waals surface area contributed by atoms with Crippen molar-refractivity contribution in [3.05, 3.63) is 47.7 Å². The molecule has 1 heterocycles. The first-order valence-corrected chi connectivity index (χ1v) is 10.9. The molecule has 2 aromatic rings. The molecule has 0 aliphatic carbocycles. The van der Waals surface area contributed by atoms with Gasteiger partial charge in [0.25, 0.3) is 0 Å². The Morgan fingerprint density at radius 2 is 1.65 bits per heavy atom. The van der Waals surface area contributed by atoms with Gasteiger partial charge in [0.15, 0.2) is 0 Å². The maximum absolute atomic E-state index is 12.0. The number of nitrogen functional groups attached to an aromatic ring is 1. The molecule has 0 spiro atoms. The molecule has 0 aliphatic heterocycles. The van der Waals surface area contributed by atoms with E-state index in [9.17, 15) is 9.59 Å². The molecule has 8 nitrogen and oxygen atoms in total. The summed E-state index contributed by atoms with van der Waals surface area (Å²) < 4.78 is 5.52. The summed E-state index contributed by atoms with van der Waals surface area (Å²) in [5.41, 5.74) is 7.60. The predicted molar refractivity (Wildman–Crippen MR) is 120 cm³/mol. The van der Waals surface area contributed by atoms with Crippen LogP contribution < -0.4 is 21.1 Å². The Bertz CT molecular complexity index is 811. The standard InChI is InChI=1S/C23H33N5O3/c1-2-3-7-21(29)25-14-6-4-5-8-22(30)27-16-18-9-11-19(12-10-18)17-31-23-26-15-13-20(24)28-23/h9-13,15H,2-8,14,16-17H2,1H3,(H,25,29)(H,27,30)(H2,24,26,28). The van der Waals surface area contributed by atoms with Crippen LogP contribution in [0.5, 0.6) is 6.01 Å². The SMILES string of the molecule is CCCCC(=O)NCCCCCC(=O)NCc1ccc(COc2nccc(N)n2)cc1. The highest BCUT2D eigenvalue weighted by atomic mass is 16.5. The highest BCUT2D eigenvalue weighted by molar-refractivity contribution is 5.76. The van der Waals surface area contributed by atoms with Gasteiger partial charge in [-0.3, -0.25) is 9.59 Å². The van der Waals surface area contributed by atoms with Gasteiger partial charge in [-0.15, -0.1) is 0 Å². The minimum atomic E-state index is 0.0400. The molecule has 8 heteroatoms. The Labute approximate surface area is 184 Å². The molecule has 0 atom stereocenters. The Morgan fingerprint density at radius 1 is 0.935 bits per heavy atom. The normalized spacial score (nSPS) is 10.5. The topological polar surface area (TPSA) is 119 Å². The zero-order valence-corrected chi connectivity index (χ0v) is 18.2. The number of unbranched alkanes of at least 4 members (excludes halogenated alkanes) is 3. The third-order valence-electron chi connectivity index (χ3n) is 4.70. The predicted octanol–water partition coefficient (Wildman–Crippen LogP) is 3.12. The molecular formula is C23H33N5O3. The lowest BCUT2D eigenvalue weighted by atomic mass is 10.1. The second kappa shape index (κ2) is 14.0. The molecule has 31 heavy (non-hydrogen) atoms. The number of anilines is 1. The van der Waals surface area contributed by atoms with Crippen molar-refractivity contribution in [3.63, 3.8) is 0 Å². The molecule has 2 amide bonds. The van der Waals surface area contributed by atoms with E-state index in [2.05, 4.69) is 27.5 Å². The molecule has 0 radical (unpaired) electrons. The van der Waals surface area contributed by atoms with Crippen molar-refractivity contribution in [1.82, 2.24) is 20.6 Å². The van der Waals surface area contributed by atoms with Gasteiger partial charge in [-0.05, 0) is 36.5 Å². The molecule has 0 saturated heterocycles. The van der Waals surface area contributed by atoms with Gasteiger partial charge in [0.1, 0.15) is 12.4 Å². The number of benzene rings is 1. The largest absolute Gasteiger partial charge is 0.459 e. The maximum atomic E-state index is 12.0. The number of aromatic nitrogens is 2. The third kappa shape index (κ3) is 10.4. The zero-order valence-electron chi connectivity index (χ0n) is 18.2. The van der Waals surface area contributed by atoms with E-state index >= 15 is 0 Å². The van der Waals surface area contributed by atoms with Crippen molar-refractivity contribution >= 4 is 17.6 Å². The number of hydrogen-bond acceptors (Lipinski definition) is 6. The molecule has 0 saturated carbocycles. The number of nitrogens with zero attached hydrogens (tertiary/aromatic N) is 2. The second-order valence-electron chi connectivity index (χ2n) is 7.41. The van der Waals surface area contributed by atoms with Crippen LogP contribution in [0.2, 0.25) is 0 Å². The summed E-state index contributed by atoms with van der Waals surface area (Å²) in [4.78, 5) is 31.5. The molecule has 168 valence electrons. The molecule has 2 rings (SSSR count). The monoisotopic (exact) mass is 427 g/mol. The summed E-state index contributed by atoms with van der Waals surface area (Å²) in [5, 5.41) is 5.86. The Morgan fingerprint density at radius 3 is 2.39 bits per heavy atom. The maximum Gasteiger partial charge on any atom is 0.318 e. The van der Waals surface area contributed by atoms with Gasteiger partial charge in [0.2, 0.25) is 11.8 Å². The Kier molecular flexibility index (Phi) is 10.9.